The first-order valence-electron chi connectivity index (χ1n) is 23.3. The average Bonchev–Trinajstić information content (AvgIpc) is 4.05. The van der Waals surface area contributed by atoms with Gasteiger partial charge in [0, 0.05) is 27.5 Å². The maximum absolute atomic E-state index is 6.28. The van der Waals surface area contributed by atoms with Crippen molar-refractivity contribution in [2.24, 2.45) is 0 Å². The highest BCUT2D eigenvalue weighted by Crippen LogP contribution is 2.63. The highest BCUT2D eigenvalue weighted by atomic mass is 16.3. The second kappa shape index (κ2) is 15.1. The molecule has 2 aromatic heterocycles. The van der Waals surface area contributed by atoms with Crippen molar-refractivity contribution in [1.29, 1.82) is 0 Å². The minimum atomic E-state index is -0.411. The van der Waals surface area contributed by atoms with E-state index in [0.717, 1.165) is 72.3 Å². The molecule has 316 valence electrons. The average molecular weight is 865 g/mol. The van der Waals surface area contributed by atoms with Crippen LogP contribution in [-0.4, -0.2) is 9.97 Å². The van der Waals surface area contributed by atoms with Crippen LogP contribution in [0.5, 0.6) is 0 Å². The molecular weight excluding hydrogens is 825 g/mol. The Morgan fingerprint density at radius 2 is 0.721 bits per heavy atom. The van der Waals surface area contributed by atoms with Crippen LogP contribution in [0.3, 0.4) is 0 Å². The summed E-state index contributed by atoms with van der Waals surface area (Å²) in [6.45, 7) is 0. The predicted molar refractivity (Wildman–Crippen MR) is 278 cm³/mol. The van der Waals surface area contributed by atoms with Gasteiger partial charge in [-0.3, -0.25) is 0 Å². The fraction of sp³-hybridized carbons (Fsp3) is 0.0154. The number of rotatable bonds is 6. The largest absolute Gasteiger partial charge is 0.456 e. The summed E-state index contributed by atoms with van der Waals surface area (Å²) in [6, 6.07) is 87.6. The standard InChI is InChI=1S/C65H40N2O/c1-3-15-41(16-4-1)42-27-29-43(30-28-42)47-35-48(45-32-34-63-55(38-45)53-22-10-14-26-62(53)68-63)37-49(36-47)61-40-60(66-64(67-61)44-17-5-2-6-18-44)46-31-33-59-54(39-46)52-21-9-13-25-58(52)65(59)56-23-11-7-19-50(56)51-20-8-12-24-57(51)65/h1-40H. The first kappa shape index (κ1) is 38.4. The molecule has 2 aliphatic rings. The van der Waals surface area contributed by atoms with Crippen molar-refractivity contribution in [3.05, 3.63) is 265 Å². The normalized spacial score (nSPS) is 12.8. The van der Waals surface area contributed by atoms with Gasteiger partial charge in [-0.1, -0.05) is 194 Å². The van der Waals surface area contributed by atoms with Gasteiger partial charge in [0.2, 0.25) is 0 Å². The van der Waals surface area contributed by atoms with Gasteiger partial charge in [0.05, 0.1) is 16.8 Å². The monoisotopic (exact) mass is 864 g/mol. The van der Waals surface area contributed by atoms with Crippen LogP contribution < -0.4 is 0 Å². The number of para-hydroxylation sites is 1. The van der Waals surface area contributed by atoms with E-state index in [4.69, 9.17) is 14.4 Å². The van der Waals surface area contributed by atoms with E-state index in [1.54, 1.807) is 0 Å². The Hall–Kier alpha value is -8.92. The van der Waals surface area contributed by atoms with E-state index in [1.165, 1.54) is 55.6 Å². The number of nitrogens with zero attached hydrogens (tertiary/aromatic N) is 2. The molecular formula is C65H40N2O. The Labute approximate surface area is 394 Å². The lowest BCUT2D eigenvalue weighted by Gasteiger charge is -2.30. The van der Waals surface area contributed by atoms with Gasteiger partial charge >= 0.3 is 0 Å². The summed E-state index contributed by atoms with van der Waals surface area (Å²) in [5.74, 6) is 0.680. The van der Waals surface area contributed by atoms with E-state index in [9.17, 15) is 0 Å². The highest BCUT2D eigenvalue weighted by Gasteiger charge is 2.51. The van der Waals surface area contributed by atoms with Crippen LogP contribution in [0.2, 0.25) is 0 Å². The quantitative estimate of drug-likeness (QED) is 0.167. The molecule has 3 nitrogen and oxygen atoms in total. The molecule has 0 unspecified atom stereocenters. The Bertz CT molecular complexity index is 3910. The van der Waals surface area contributed by atoms with Crippen molar-refractivity contribution < 1.29 is 4.42 Å². The summed E-state index contributed by atoms with van der Waals surface area (Å²) in [7, 11) is 0. The zero-order valence-corrected chi connectivity index (χ0v) is 36.9. The molecule has 0 N–H and O–H groups in total. The van der Waals surface area contributed by atoms with E-state index >= 15 is 0 Å². The van der Waals surface area contributed by atoms with Crippen molar-refractivity contribution in [1.82, 2.24) is 9.97 Å². The van der Waals surface area contributed by atoms with E-state index in [1.807, 2.05) is 18.2 Å². The molecule has 68 heavy (non-hydrogen) atoms. The Kier molecular flexibility index (Phi) is 8.50. The van der Waals surface area contributed by atoms with Crippen LogP contribution in [0.15, 0.2) is 247 Å². The van der Waals surface area contributed by atoms with E-state index < -0.39 is 5.41 Å². The summed E-state index contributed by atoms with van der Waals surface area (Å²) in [4.78, 5) is 10.8. The lowest BCUT2D eigenvalue weighted by Crippen LogP contribution is -2.25. The molecule has 0 atom stereocenters. The zero-order valence-electron chi connectivity index (χ0n) is 36.9. The molecule has 1 spiro atoms. The second-order valence-electron chi connectivity index (χ2n) is 18.0. The number of fused-ring (bicyclic) bond motifs is 13. The summed E-state index contributed by atoms with van der Waals surface area (Å²) >= 11 is 0. The molecule has 12 aromatic rings. The Morgan fingerprint density at radius 1 is 0.265 bits per heavy atom. The van der Waals surface area contributed by atoms with Crippen molar-refractivity contribution >= 4 is 21.9 Å². The van der Waals surface area contributed by atoms with Gasteiger partial charge in [-0.2, -0.15) is 0 Å². The Morgan fingerprint density at radius 3 is 1.40 bits per heavy atom. The molecule has 3 heteroatoms. The van der Waals surface area contributed by atoms with Crippen LogP contribution in [0.4, 0.5) is 0 Å². The predicted octanol–water partition coefficient (Wildman–Crippen LogP) is 16.7. The first-order valence-corrected chi connectivity index (χ1v) is 23.3. The van der Waals surface area contributed by atoms with Gasteiger partial charge in [0.1, 0.15) is 11.2 Å². The second-order valence-corrected chi connectivity index (χ2v) is 18.0. The van der Waals surface area contributed by atoms with Crippen LogP contribution in [0.25, 0.3) is 111 Å². The van der Waals surface area contributed by atoms with Crippen LogP contribution in [0.1, 0.15) is 22.3 Å². The highest BCUT2D eigenvalue weighted by molar-refractivity contribution is 6.06. The maximum Gasteiger partial charge on any atom is 0.160 e. The molecule has 0 amide bonds. The Balaban J connectivity index is 0.963. The summed E-state index contributed by atoms with van der Waals surface area (Å²) in [5, 5.41) is 2.20. The molecule has 14 rings (SSSR count). The number of hydrogen-bond acceptors (Lipinski definition) is 3. The first-order chi connectivity index (χ1) is 33.7. The third-order valence-corrected chi connectivity index (χ3v) is 14.3. The molecule has 0 aliphatic heterocycles. The number of furan rings is 1. The molecule has 0 radical (unpaired) electrons. The lowest BCUT2D eigenvalue weighted by atomic mass is 9.70. The fourth-order valence-corrected chi connectivity index (χ4v) is 11.2. The maximum atomic E-state index is 6.28. The molecule has 0 saturated carbocycles. The smallest absolute Gasteiger partial charge is 0.160 e. The van der Waals surface area contributed by atoms with E-state index in [-0.39, 0.29) is 0 Å². The van der Waals surface area contributed by atoms with Gasteiger partial charge in [-0.25, -0.2) is 9.97 Å². The van der Waals surface area contributed by atoms with Gasteiger partial charge in [-0.05, 0) is 126 Å². The minimum Gasteiger partial charge on any atom is -0.456 e. The van der Waals surface area contributed by atoms with Crippen LogP contribution >= 0.6 is 0 Å². The SMILES string of the molecule is c1ccc(-c2ccc(-c3cc(-c4ccc5oc6ccccc6c5c4)cc(-c4cc(-c5ccc6c(c5)-c5ccccc5C65c6ccccc6-c6ccccc65)nc(-c5ccccc5)n4)c3)cc2)cc1. The number of benzene rings is 10. The van der Waals surface area contributed by atoms with Crippen LogP contribution in [0, 0.1) is 0 Å². The topological polar surface area (TPSA) is 38.9 Å². The zero-order chi connectivity index (χ0) is 44.8. The van der Waals surface area contributed by atoms with E-state index in [2.05, 4.69) is 224 Å². The minimum absolute atomic E-state index is 0.411. The molecule has 0 bridgehead atoms. The van der Waals surface area contributed by atoms with E-state index in [0.29, 0.717) is 5.82 Å². The lowest BCUT2D eigenvalue weighted by molar-refractivity contribution is 0.669. The van der Waals surface area contributed by atoms with Crippen molar-refractivity contribution in [3.63, 3.8) is 0 Å². The number of hydrogen-bond donors (Lipinski definition) is 0. The van der Waals surface area contributed by atoms with Gasteiger partial charge < -0.3 is 4.42 Å². The third kappa shape index (κ3) is 5.86. The third-order valence-electron chi connectivity index (χ3n) is 14.3. The van der Waals surface area contributed by atoms with Crippen molar-refractivity contribution in [2.45, 2.75) is 5.41 Å². The van der Waals surface area contributed by atoms with Crippen molar-refractivity contribution in [2.75, 3.05) is 0 Å². The van der Waals surface area contributed by atoms with Gasteiger partial charge in [-0.15, -0.1) is 0 Å². The molecule has 10 aromatic carbocycles. The summed E-state index contributed by atoms with van der Waals surface area (Å²) < 4.78 is 6.28. The fourth-order valence-electron chi connectivity index (χ4n) is 11.2. The molecule has 2 heterocycles. The van der Waals surface area contributed by atoms with Crippen molar-refractivity contribution in [3.8, 4) is 89.5 Å². The summed E-state index contributed by atoms with van der Waals surface area (Å²) in [5.41, 5.74) is 23.3. The van der Waals surface area contributed by atoms with Crippen LogP contribution in [-0.2, 0) is 5.41 Å². The molecule has 2 aliphatic carbocycles. The van der Waals surface area contributed by atoms with Gasteiger partial charge in [0.15, 0.2) is 5.82 Å². The molecule has 0 fully saturated rings. The number of aromatic nitrogens is 2. The van der Waals surface area contributed by atoms with Gasteiger partial charge in [0.25, 0.3) is 0 Å². The summed E-state index contributed by atoms with van der Waals surface area (Å²) in [6.07, 6.45) is 0. The molecule has 0 saturated heterocycles.